The highest BCUT2D eigenvalue weighted by Crippen LogP contribution is 2.27. The second-order valence-electron chi connectivity index (χ2n) is 9.87. The summed E-state index contributed by atoms with van der Waals surface area (Å²) >= 11 is 1.65. The number of ether oxygens (including phenoxy) is 2. The number of benzene rings is 1. The summed E-state index contributed by atoms with van der Waals surface area (Å²) in [5.74, 6) is 0.382. The number of aryl methyl sites for hydroxylation is 1. The second-order valence-corrected chi connectivity index (χ2v) is 11.1. The van der Waals surface area contributed by atoms with E-state index in [0.29, 0.717) is 12.3 Å². The zero-order valence-electron chi connectivity index (χ0n) is 21.3. The Kier molecular flexibility index (Phi) is 9.53. The molecule has 1 aromatic heterocycles. The van der Waals surface area contributed by atoms with E-state index in [-0.39, 0.29) is 30.9 Å². The Balaban J connectivity index is 1.17. The lowest BCUT2D eigenvalue weighted by Crippen LogP contribution is -2.54. The third-order valence-corrected chi connectivity index (χ3v) is 8.05. The zero-order chi connectivity index (χ0) is 25.5. The van der Waals surface area contributed by atoms with Gasteiger partial charge in [-0.15, -0.1) is 11.3 Å². The van der Waals surface area contributed by atoms with Gasteiger partial charge in [-0.1, -0.05) is 19.3 Å². The van der Waals surface area contributed by atoms with Gasteiger partial charge in [0.2, 0.25) is 5.91 Å². The third kappa shape index (κ3) is 7.38. The van der Waals surface area contributed by atoms with Crippen molar-refractivity contribution >= 4 is 33.4 Å². The van der Waals surface area contributed by atoms with Gasteiger partial charge >= 0.3 is 5.97 Å². The molecule has 1 saturated carbocycles. The predicted octanol–water partition coefficient (Wildman–Crippen LogP) is 2.20. The first kappa shape index (κ1) is 26.8. The molecule has 2 atom stereocenters. The maximum Gasteiger partial charge on any atom is 0.328 e. The van der Waals surface area contributed by atoms with Crippen LogP contribution in [0.3, 0.4) is 0 Å². The van der Waals surface area contributed by atoms with Gasteiger partial charge in [-0.3, -0.25) is 14.6 Å². The van der Waals surface area contributed by atoms with Crippen molar-refractivity contribution < 1.29 is 24.2 Å². The average molecular weight is 519 g/mol. The van der Waals surface area contributed by atoms with Crippen molar-refractivity contribution in [3.8, 4) is 5.75 Å². The number of β-amino-alcohol motifs (C(OH)–C–C–N with tert-alkyl or cyclic N) is 1. The van der Waals surface area contributed by atoms with E-state index in [1.807, 2.05) is 25.1 Å². The zero-order valence-corrected chi connectivity index (χ0v) is 22.1. The molecule has 198 valence electrons. The molecule has 4 rings (SSSR count). The molecular weight excluding hydrogens is 480 g/mol. The van der Waals surface area contributed by atoms with Crippen molar-refractivity contribution in [1.29, 1.82) is 0 Å². The van der Waals surface area contributed by atoms with Gasteiger partial charge in [-0.2, -0.15) is 0 Å². The summed E-state index contributed by atoms with van der Waals surface area (Å²) in [4.78, 5) is 33.8. The normalized spacial score (nSPS) is 19.6. The Labute approximate surface area is 216 Å². The molecule has 2 aromatic rings. The number of esters is 1. The molecule has 10 heteroatoms. The number of rotatable bonds is 10. The maximum absolute atomic E-state index is 12.7. The molecule has 0 bridgehead atoms. The lowest BCUT2D eigenvalue weighted by atomic mass is 9.84. The molecule has 2 fully saturated rings. The largest absolute Gasteiger partial charge is 0.491 e. The van der Waals surface area contributed by atoms with Crippen LogP contribution in [0.1, 0.15) is 37.1 Å². The van der Waals surface area contributed by atoms with E-state index >= 15 is 0 Å². The number of carbonyl (C=O) groups is 2. The fraction of sp³-hybridized carbons (Fsp3) is 0.654. The number of aromatic nitrogens is 1. The minimum atomic E-state index is -0.607. The van der Waals surface area contributed by atoms with Crippen LogP contribution in [-0.2, 0) is 14.3 Å². The van der Waals surface area contributed by atoms with Crippen molar-refractivity contribution in [3.63, 3.8) is 0 Å². The summed E-state index contributed by atoms with van der Waals surface area (Å²) < 4.78 is 11.9. The third-order valence-electron chi connectivity index (χ3n) is 7.10. The Morgan fingerprint density at radius 2 is 1.89 bits per heavy atom. The monoisotopic (exact) mass is 518 g/mol. The van der Waals surface area contributed by atoms with Gasteiger partial charge in [0, 0.05) is 38.8 Å². The van der Waals surface area contributed by atoms with Gasteiger partial charge < -0.3 is 19.9 Å². The van der Waals surface area contributed by atoms with Crippen molar-refractivity contribution in [3.05, 3.63) is 23.2 Å². The average Bonchev–Trinajstić information content (AvgIpc) is 3.26. The van der Waals surface area contributed by atoms with E-state index in [0.717, 1.165) is 67.1 Å². The Morgan fingerprint density at radius 3 is 2.61 bits per heavy atom. The van der Waals surface area contributed by atoms with Crippen molar-refractivity contribution in [2.75, 3.05) is 53.0 Å². The van der Waals surface area contributed by atoms with Crippen LogP contribution in [0.5, 0.6) is 5.75 Å². The van der Waals surface area contributed by atoms with E-state index < -0.39 is 12.1 Å². The van der Waals surface area contributed by atoms with Crippen LogP contribution in [0.4, 0.5) is 0 Å². The number of hydrogen-bond donors (Lipinski definition) is 2. The fourth-order valence-corrected chi connectivity index (χ4v) is 5.98. The summed E-state index contributed by atoms with van der Waals surface area (Å²) in [7, 11) is 1.38. The summed E-state index contributed by atoms with van der Waals surface area (Å²) in [6, 6.07) is 5.27. The molecule has 0 radical (unpaired) electrons. The highest BCUT2D eigenvalue weighted by molar-refractivity contribution is 7.18. The fourth-order valence-electron chi connectivity index (χ4n) is 5.17. The number of aliphatic hydroxyl groups is 1. The number of aliphatic hydroxyl groups excluding tert-OH is 1. The first-order valence-electron chi connectivity index (χ1n) is 12.9. The summed E-state index contributed by atoms with van der Waals surface area (Å²) in [5.41, 5.74) is 0.918. The second kappa shape index (κ2) is 12.8. The molecule has 1 saturated heterocycles. The lowest BCUT2D eigenvalue weighted by Gasteiger charge is -2.35. The summed E-state index contributed by atoms with van der Waals surface area (Å²) in [6.45, 7) is 5.96. The van der Waals surface area contributed by atoms with Crippen LogP contribution in [0.25, 0.3) is 10.2 Å². The van der Waals surface area contributed by atoms with Gasteiger partial charge in [0.1, 0.15) is 24.5 Å². The van der Waals surface area contributed by atoms with Gasteiger partial charge in [-0.25, -0.2) is 9.78 Å². The smallest absolute Gasteiger partial charge is 0.328 e. The number of methoxy groups -OCH3 is 1. The lowest BCUT2D eigenvalue weighted by molar-refractivity contribution is -0.147. The van der Waals surface area contributed by atoms with Gasteiger partial charge in [-0.05, 0) is 37.8 Å². The number of piperazine rings is 1. The number of thiazole rings is 1. The molecule has 1 aliphatic carbocycles. The van der Waals surface area contributed by atoms with Crippen LogP contribution in [0, 0.1) is 12.8 Å². The van der Waals surface area contributed by atoms with E-state index in [1.165, 1.54) is 13.5 Å². The minimum Gasteiger partial charge on any atom is -0.491 e. The Bertz CT molecular complexity index is 1020. The highest BCUT2D eigenvalue weighted by atomic mass is 32.1. The standard InChI is InChI=1S/C26H38N4O5S/c1-18-27-22-14-21(8-9-23(22)36-18)35-17-20(31)15-29-10-12-30(13-11-29)16-24(32)28-25(26(33)34-2)19-6-4-3-5-7-19/h8-9,14,19-20,25,31H,3-7,10-13,15-17H2,1-2H3,(H,28,32)/t20-,25+/m1/s1. The molecule has 0 spiro atoms. The first-order valence-corrected chi connectivity index (χ1v) is 13.7. The van der Waals surface area contributed by atoms with Crippen LogP contribution >= 0.6 is 11.3 Å². The molecule has 1 aliphatic heterocycles. The molecule has 0 unspecified atom stereocenters. The minimum absolute atomic E-state index is 0.134. The molecule has 2 N–H and O–H groups in total. The number of amides is 1. The Morgan fingerprint density at radius 1 is 1.17 bits per heavy atom. The molecule has 2 aliphatic rings. The van der Waals surface area contributed by atoms with Crippen molar-refractivity contribution in [2.45, 2.75) is 51.2 Å². The Hall–Kier alpha value is -2.27. The van der Waals surface area contributed by atoms with Crippen LogP contribution in [-0.4, -0.2) is 96.9 Å². The van der Waals surface area contributed by atoms with E-state index in [1.54, 1.807) is 11.3 Å². The summed E-state index contributed by atoms with van der Waals surface area (Å²) in [5, 5.41) is 14.5. The van der Waals surface area contributed by atoms with E-state index in [2.05, 4.69) is 20.1 Å². The quantitative estimate of drug-likeness (QED) is 0.462. The molecule has 36 heavy (non-hydrogen) atoms. The van der Waals surface area contributed by atoms with Gasteiger partial charge in [0.25, 0.3) is 0 Å². The maximum atomic E-state index is 12.7. The van der Waals surface area contributed by atoms with E-state index in [9.17, 15) is 14.7 Å². The molecule has 1 amide bonds. The van der Waals surface area contributed by atoms with Crippen LogP contribution in [0.2, 0.25) is 0 Å². The van der Waals surface area contributed by atoms with E-state index in [4.69, 9.17) is 9.47 Å². The SMILES string of the molecule is COC(=O)[C@@H](NC(=O)CN1CCN(C[C@@H](O)COc2ccc3sc(C)nc3c2)CC1)C1CCCCC1. The van der Waals surface area contributed by atoms with Gasteiger partial charge in [0.05, 0.1) is 28.9 Å². The predicted molar refractivity (Wildman–Crippen MR) is 139 cm³/mol. The number of hydrogen-bond acceptors (Lipinski definition) is 9. The topological polar surface area (TPSA) is 104 Å². The first-order chi connectivity index (χ1) is 17.4. The summed E-state index contributed by atoms with van der Waals surface area (Å²) in [6.07, 6.45) is 4.66. The number of nitrogens with zero attached hydrogens (tertiary/aromatic N) is 3. The molecular formula is C26H38N4O5S. The van der Waals surface area contributed by atoms with Crippen LogP contribution < -0.4 is 10.1 Å². The highest BCUT2D eigenvalue weighted by Gasteiger charge is 2.32. The number of nitrogens with one attached hydrogen (secondary N) is 1. The molecule has 2 heterocycles. The van der Waals surface area contributed by atoms with Crippen molar-refractivity contribution in [1.82, 2.24) is 20.1 Å². The van der Waals surface area contributed by atoms with Crippen molar-refractivity contribution in [2.24, 2.45) is 5.92 Å². The molecule has 9 nitrogen and oxygen atoms in total. The number of fused-ring (bicyclic) bond motifs is 1. The van der Waals surface area contributed by atoms with Crippen LogP contribution in [0.15, 0.2) is 18.2 Å². The molecule has 1 aromatic carbocycles. The number of carbonyl (C=O) groups excluding carboxylic acids is 2. The van der Waals surface area contributed by atoms with Gasteiger partial charge in [0.15, 0.2) is 0 Å².